The Kier molecular flexibility index (Phi) is 3.50. The van der Waals surface area contributed by atoms with Crippen LogP contribution in [0, 0.1) is 16.7 Å². The average Bonchev–Trinajstić information content (AvgIpc) is 2.91. The lowest BCUT2D eigenvalue weighted by atomic mass is 9.76. The van der Waals surface area contributed by atoms with Crippen molar-refractivity contribution in [3.8, 4) is 6.07 Å². The summed E-state index contributed by atoms with van der Waals surface area (Å²) < 4.78 is 0. The van der Waals surface area contributed by atoms with Crippen LogP contribution in [0.1, 0.15) is 49.7 Å². The number of benzene rings is 1. The molecular formula is C17H18N2O2. The first-order chi connectivity index (χ1) is 10.1. The highest BCUT2D eigenvalue weighted by molar-refractivity contribution is 5.98. The molecular weight excluding hydrogens is 264 g/mol. The van der Waals surface area contributed by atoms with Crippen molar-refractivity contribution in [2.24, 2.45) is 5.41 Å². The van der Waals surface area contributed by atoms with E-state index in [1.807, 2.05) is 6.07 Å². The monoisotopic (exact) mass is 282 g/mol. The van der Waals surface area contributed by atoms with E-state index >= 15 is 0 Å². The Labute approximate surface area is 124 Å². The Hall–Kier alpha value is -2.15. The van der Waals surface area contributed by atoms with E-state index in [2.05, 4.69) is 6.07 Å². The summed E-state index contributed by atoms with van der Waals surface area (Å²) in [7, 11) is 0. The Balaban J connectivity index is 1.76. The van der Waals surface area contributed by atoms with Crippen LogP contribution in [0.15, 0.2) is 24.3 Å². The standard InChI is InChI=1S/C17H18N2O2/c18-11-13-4-3-5-14(8-13)12-19-15(20)9-17(10-16(19)21)6-1-2-7-17/h3-5,8H,1-2,6-7,9-10,12H2. The Morgan fingerprint density at radius 1 is 1.14 bits per heavy atom. The number of nitriles is 1. The normalized spacial score (nSPS) is 20.8. The van der Waals surface area contributed by atoms with Crippen molar-refractivity contribution < 1.29 is 9.59 Å². The molecule has 2 fully saturated rings. The molecule has 1 saturated heterocycles. The van der Waals surface area contributed by atoms with Gasteiger partial charge in [0.15, 0.2) is 0 Å². The molecule has 1 saturated carbocycles. The van der Waals surface area contributed by atoms with E-state index < -0.39 is 0 Å². The average molecular weight is 282 g/mol. The number of amides is 2. The largest absolute Gasteiger partial charge is 0.278 e. The van der Waals surface area contributed by atoms with Gasteiger partial charge in [0.2, 0.25) is 11.8 Å². The van der Waals surface area contributed by atoms with Crippen LogP contribution in [0.3, 0.4) is 0 Å². The van der Waals surface area contributed by atoms with E-state index in [1.54, 1.807) is 18.2 Å². The third kappa shape index (κ3) is 2.69. The van der Waals surface area contributed by atoms with Crippen molar-refractivity contribution in [3.63, 3.8) is 0 Å². The van der Waals surface area contributed by atoms with Gasteiger partial charge in [-0.1, -0.05) is 25.0 Å². The van der Waals surface area contributed by atoms with E-state index in [1.165, 1.54) is 4.90 Å². The molecule has 1 aliphatic heterocycles. The smallest absolute Gasteiger partial charge is 0.230 e. The zero-order valence-corrected chi connectivity index (χ0v) is 12.0. The quantitative estimate of drug-likeness (QED) is 0.784. The van der Waals surface area contributed by atoms with Gasteiger partial charge < -0.3 is 0 Å². The first-order valence-corrected chi connectivity index (χ1v) is 7.44. The molecule has 1 aromatic rings. The number of carbonyl (C=O) groups excluding carboxylic acids is 2. The molecule has 2 aliphatic rings. The highest BCUT2D eigenvalue weighted by Gasteiger charge is 2.44. The molecule has 0 N–H and O–H groups in total. The van der Waals surface area contributed by atoms with Gasteiger partial charge in [0.25, 0.3) is 0 Å². The Morgan fingerprint density at radius 2 is 1.81 bits per heavy atom. The molecule has 0 bridgehead atoms. The number of piperidine rings is 1. The summed E-state index contributed by atoms with van der Waals surface area (Å²) in [5, 5.41) is 8.91. The lowest BCUT2D eigenvalue weighted by Crippen LogP contribution is -2.46. The van der Waals surface area contributed by atoms with Gasteiger partial charge >= 0.3 is 0 Å². The van der Waals surface area contributed by atoms with Crippen molar-refractivity contribution in [2.45, 2.75) is 45.1 Å². The zero-order chi connectivity index (χ0) is 14.9. The maximum absolute atomic E-state index is 12.4. The fourth-order valence-electron chi connectivity index (χ4n) is 3.61. The lowest BCUT2D eigenvalue weighted by molar-refractivity contribution is -0.154. The third-order valence-corrected chi connectivity index (χ3v) is 4.72. The van der Waals surface area contributed by atoms with Crippen LogP contribution in [-0.4, -0.2) is 16.7 Å². The van der Waals surface area contributed by atoms with Gasteiger partial charge in [-0.05, 0) is 36.0 Å². The minimum atomic E-state index is -0.0597. The topological polar surface area (TPSA) is 61.2 Å². The molecule has 1 heterocycles. The summed E-state index contributed by atoms with van der Waals surface area (Å²) in [4.78, 5) is 26.1. The van der Waals surface area contributed by atoms with E-state index in [-0.39, 0.29) is 23.8 Å². The summed E-state index contributed by atoms with van der Waals surface area (Å²) in [6, 6.07) is 9.17. The molecule has 3 rings (SSSR count). The number of imide groups is 1. The predicted octanol–water partition coefficient (Wildman–Crippen LogP) is 2.77. The first kappa shape index (κ1) is 13.8. The molecule has 1 aliphatic carbocycles. The van der Waals surface area contributed by atoms with Crippen molar-refractivity contribution in [2.75, 3.05) is 0 Å². The molecule has 2 amide bonds. The summed E-state index contributed by atoms with van der Waals surface area (Å²) >= 11 is 0. The van der Waals surface area contributed by atoms with Gasteiger partial charge in [-0.2, -0.15) is 5.26 Å². The number of hydrogen-bond donors (Lipinski definition) is 0. The second-order valence-electron chi connectivity index (χ2n) is 6.25. The van der Waals surface area contributed by atoms with Crippen LogP contribution in [0.4, 0.5) is 0 Å². The molecule has 1 aromatic carbocycles. The van der Waals surface area contributed by atoms with Gasteiger partial charge in [0, 0.05) is 12.8 Å². The number of nitrogens with zero attached hydrogens (tertiary/aromatic N) is 2. The SMILES string of the molecule is N#Cc1cccc(CN2C(=O)CC3(CCCC3)CC2=O)c1. The van der Waals surface area contributed by atoms with Gasteiger partial charge in [-0.3, -0.25) is 14.5 Å². The fourth-order valence-corrected chi connectivity index (χ4v) is 3.61. The molecule has 1 spiro atoms. The van der Waals surface area contributed by atoms with Crippen LogP contribution in [0.25, 0.3) is 0 Å². The number of likely N-dealkylation sites (tertiary alicyclic amines) is 1. The molecule has 0 unspecified atom stereocenters. The van der Waals surface area contributed by atoms with Gasteiger partial charge in [0.1, 0.15) is 0 Å². The van der Waals surface area contributed by atoms with Gasteiger partial charge in [0.05, 0.1) is 18.2 Å². The van der Waals surface area contributed by atoms with E-state index in [9.17, 15) is 9.59 Å². The van der Waals surface area contributed by atoms with Crippen LogP contribution < -0.4 is 0 Å². The second-order valence-corrected chi connectivity index (χ2v) is 6.25. The van der Waals surface area contributed by atoms with Crippen molar-refractivity contribution in [3.05, 3.63) is 35.4 Å². The summed E-state index contributed by atoms with van der Waals surface area (Å²) in [6.07, 6.45) is 5.26. The minimum absolute atomic E-state index is 0.0564. The fraction of sp³-hybridized carbons (Fsp3) is 0.471. The van der Waals surface area contributed by atoms with E-state index in [4.69, 9.17) is 5.26 Å². The highest BCUT2D eigenvalue weighted by Crippen LogP contribution is 2.47. The van der Waals surface area contributed by atoms with E-state index in [0.717, 1.165) is 31.2 Å². The molecule has 0 atom stereocenters. The molecule has 4 heteroatoms. The molecule has 21 heavy (non-hydrogen) atoms. The van der Waals surface area contributed by atoms with Gasteiger partial charge in [-0.25, -0.2) is 0 Å². The zero-order valence-electron chi connectivity index (χ0n) is 12.0. The minimum Gasteiger partial charge on any atom is -0.278 e. The van der Waals surface area contributed by atoms with Gasteiger partial charge in [-0.15, -0.1) is 0 Å². The van der Waals surface area contributed by atoms with Crippen molar-refractivity contribution >= 4 is 11.8 Å². The predicted molar refractivity (Wildman–Crippen MR) is 76.8 cm³/mol. The summed E-state index contributed by atoms with van der Waals surface area (Å²) in [5.41, 5.74) is 1.33. The lowest BCUT2D eigenvalue weighted by Gasteiger charge is -2.37. The first-order valence-electron chi connectivity index (χ1n) is 7.44. The maximum Gasteiger partial charge on any atom is 0.230 e. The third-order valence-electron chi connectivity index (χ3n) is 4.72. The molecule has 4 nitrogen and oxygen atoms in total. The summed E-state index contributed by atoms with van der Waals surface area (Å²) in [5.74, 6) is -0.119. The van der Waals surface area contributed by atoms with Crippen molar-refractivity contribution in [1.29, 1.82) is 5.26 Å². The van der Waals surface area contributed by atoms with Crippen LogP contribution in [-0.2, 0) is 16.1 Å². The van der Waals surface area contributed by atoms with E-state index in [0.29, 0.717) is 18.4 Å². The Morgan fingerprint density at radius 3 is 2.43 bits per heavy atom. The number of rotatable bonds is 2. The van der Waals surface area contributed by atoms with Crippen LogP contribution in [0.2, 0.25) is 0 Å². The Bertz CT molecular complexity index is 604. The molecule has 0 aromatic heterocycles. The molecule has 108 valence electrons. The second kappa shape index (κ2) is 5.33. The van der Waals surface area contributed by atoms with Crippen molar-refractivity contribution in [1.82, 2.24) is 4.90 Å². The van der Waals surface area contributed by atoms with Crippen LogP contribution >= 0.6 is 0 Å². The number of hydrogen-bond acceptors (Lipinski definition) is 3. The highest BCUT2D eigenvalue weighted by atomic mass is 16.2. The molecule has 0 radical (unpaired) electrons. The maximum atomic E-state index is 12.4. The summed E-state index contributed by atoms with van der Waals surface area (Å²) in [6.45, 7) is 0.281. The number of carbonyl (C=O) groups is 2. The van der Waals surface area contributed by atoms with Crippen LogP contribution in [0.5, 0.6) is 0 Å².